The van der Waals surface area contributed by atoms with Crippen molar-refractivity contribution in [2.45, 2.75) is 13.0 Å². The zero-order chi connectivity index (χ0) is 15.7. The second-order valence-electron chi connectivity index (χ2n) is 5.21. The van der Waals surface area contributed by atoms with E-state index in [1.807, 2.05) is 19.1 Å². The Morgan fingerprint density at radius 2 is 1.95 bits per heavy atom. The predicted octanol–water partition coefficient (Wildman–Crippen LogP) is 2.55. The summed E-state index contributed by atoms with van der Waals surface area (Å²) in [5, 5.41) is 1.16. The third-order valence-electron chi connectivity index (χ3n) is 3.51. The lowest BCUT2D eigenvalue weighted by Crippen LogP contribution is -2.41. The van der Waals surface area contributed by atoms with Gasteiger partial charge in [-0.1, -0.05) is 17.7 Å². The van der Waals surface area contributed by atoms with Crippen LogP contribution < -0.4 is 4.90 Å². The first-order valence-corrected chi connectivity index (χ1v) is 8.52. The maximum Gasteiger partial charge on any atom is 0.294 e. The van der Waals surface area contributed by atoms with Crippen LogP contribution in [0.3, 0.4) is 0 Å². The molecule has 0 fully saturated rings. The Labute approximate surface area is 128 Å². The van der Waals surface area contributed by atoms with E-state index in [0.29, 0.717) is 5.69 Å². The molecule has 0 radical (unpaired) electrons. The van der Waals surface area contributed by atoms with Crippen molar-refractivity contribution in [1.29, 1.82) is 0 Å². The molecule has 0 saturated carbocycles. The topological polar surface area (TPSA) is 67.6 Å². The van der Waals surface area contributed by atoms with E-state index in [1.54, 1.807) is 24.3 Å². The van der Waals surface area contributed by atoms with Crippen LogP contribution in [0.15, 0.2) is 58.6 Å². The third kappa shape index (κ3) is 2.82. The SMILES string of the molecule is Cc1ccc(N(C(=O)c2ccco2)[C@H]2C=CS(=O)(=O)C2)cc1. The van der Waals surface area contributed by atoms with E-state index in [4.69, 9.17) is 4.42 Å². The number of nitrogens with zero attached hydrogens (tertiary/aromatic N) is 1. The zero-order valence-corrected chi connectivity index (χ0v) is 12.8. The molecule has 1 aliphatic heterocycles. The first-order chi connectivity index (χ1) is 10.5. The van der Waals surface area contributed by atoms with Crippen LogP contribution in [-0.2, 0) is 9.84 Å². The van der Waals surface area contributed by atoms with Crippen LogP contribution in [0, 0.1) is 6.92 Å². The minimum atomic E-state index is -3.26. The summed E-state index contributed by atoms with van der Waals surface area (Å²) in [7, 11) is -3.26. The fraction of sp³-hybridized carbons (Fsp3) is 0.188. The lowest BCUT2D eigenvalue weighted by Gasteiger charge is -2.26. The quantitative estimate of drug-likeness (QED) is 0.872. The average molecular weight is 317 g/mol. The summed E-state index contributed by atoms with van der Waals surface area (Å²) in [6.45, 7) is 1.95. The highest BCUT2D eigenvalue weighted by Gasteiger charge is 2.32. The molecule has 6 heteroatoms. The van der Waals surface area contributed by atoms with Crippen molar-refractivity contribution in [3.8, 4) is 0 Å². The van der Waals surface area contributed by atoms with Gasteiger partial charge in [-0.3, -0.25) is 9.69 Å². The smallest absolute Gasteiger partial charge is 0.294 e. The Morgan fingerprint density at radius 1 is 1.23 bits per heavy atom. The summed E-state index contributed by atoms with van der Waals surface area (Å²) in [6.07, 6.45) is 2.96. The molecule has 1 aliphatic rings. The highest BCUT2D eigenvalue weighted by molar-refractivity contribution is 7.94. The number of amides is 1. The van der Waals surface area contributed by atoms with Crippen molar-refractivity contribution in [3.05, 3.63) is 65.5 Å². The lowest BCUT2D eigenvalue weighted by molar-refractivity contribution is 0.0956. The number of hydrogen-bond donors (Lipinski definition) is 0. The van der Waals surface area contributed by atoms with Crippen LogP contribution in [0.5, 0.6) is 0 Å². The van der Waals surface area contributed by atoms with E-state index in [9.17, 15) is 13.2 Å². The van der Waals surface area contributed by atoms with Crippen LogP contribution in [0.25, 0.3) is 0 Å². The van der Waals surface area contributed by atoms with E-state index in [0.717, 1.165) is 11.0 Å². The fourth-order valence-corrected chi connectivity index (χ4v) is 3.67. The number of carbonyl (C=O) groups is 1. The third-order valence-corrected chi connectivity index (χ3v) is 4.88. The van der Waals surface area contributed by atoms with Crippen LogP contribution >= 0.6 is 0 Å². The summed E-state index contributed by atoms with van der Waals surface area (Å²) < 4.78 is 28.6. The van der Waals surface area contributed by atoms with E-state index >= 15 is 0 Å². The van der Waals surface area contributed by atoms with Gasteiger partial charge in [-0.15, -0.1) is 0 Å². The van der Waals surface area contributed by atoms with Crippen LogP contribution in [-0.4, -0.2) is 26.1 Å². The van der Waals surface area contributed by atoms with Crippen LogP contribution in [0.4, 0.5) is 5.69 Å². The molecular formula is C16H15NO4S. The number of carbonyl (C=O) groups excluding carboxylic acids is 1. The summed E-state index contributed by atoms with van der Waals surface area (Å²) in [5.41, 5.74) is 1.70. The number of aryl methyl sites for hydroxylation is 1. The van der Waals surface area contributed by atoms with Gasteiger partial charge in [-0.2, -0.15) is 0 Å². The van der Waals surface area contributed by atoms with Crippen molar-refractivity contribution in [1.82, 2.24) is 0 Å². The molecule has 1 aromatic heterocycles. The summed E-state index contributed by atoms with van der Waals surface area (Å²) in [5.74, 6) is -0.299. The van der Waals surface area contributed by atoms with Gasteiger partial charge in [0.2, 0.25) is 0 Å². The summed E-state index contributed by atoms with van der Waals surface area (Å²) in [4.78, 5) is 14.2. The summed E-state index contributed by atoms with van der Waals surface area (Å²) in [6, 6.07) is 10.0. The Bertz CT molecular complexity index is 804. The fourth-order valence-electron chi connectivity index (χ4n) is 2.40. The average Bonchev–Trinajstić information content (AvgIpc) is 3.11. The highest BCUT2D eigenvalue weighted by Crippen LogP contribution is 2.25. The first kappa shape index (κ1) is 14.6. The van der Waals surface area contributed by atoms with Gasteiger partial charge < -0.3 is 4.42 Å². The predicted molar refractivity (Wildman–Crippen MR) is 83.4 cm³/mol. The maximum atomic E-state index is 12.7. The normalized spacial score (nSPS) is 19.2. The molecule has 0 aliphatic carbocycles. The summed E-state index contributed by atoms with van der Waals surface area (Å²) >= 11 is 0. The Hall–Kier alpha value is -2.34. The second kappa shape index (κ2) is 5.46. The minimum absolute atomic E-state index is 0.118. The second-order valence-corrected chi connectivity index (χ2v) is 7.14. The van der Waals surface area contributed by atoms with Crippen molar-refractivity contribution in [3.63, 3.8) is 0 Å². The Kier molecular flexibility index (Phi) is 3.62. The van der Waals surface area contributed by atoms with Gasteiger partial charge in [-0.25, -0.2) is 8.42 Å². The van der Waals surface area contributed by atoms with Crippen LogP contribution in [0.1, 0.15) is 16.1 Å². The zero-order valence-electron chi connectivity index (χ0n) is 12.0. The van der Waals surface area contributed by atoms with Crippen molar-refractivity contribution in [2.75, 3.05) is 10.7 Å². The Morgan fingerprint density at radius 3 is 2.50 bits per heavy atom. The molecule has 0 unspecified atom stereocenters. The van der Waals surface area contributed by atoms with Gasteiger partial charge in [0.15, 0.2) is 15.6 Å². The molecule has 1 amide bonds. The van der Waals surface area contributed by atoms with Crippen molar-refractivity contribution in [2.24, 2.45) is 0 Å². The van der Waals surface area contributed by atoms with E-state index in [1.165, 1.54) is 17.2 Å². The van der Waals surface area contributed by atoms with Gasteiger partial charge in [0, 0.05) is 11.1 Å². The molecule has 2 aromatic rings. The van der Waals surface area contributed by atoms with Crippen molar-refractivity contribution < 1.29 is 17.6 Å². The Balaban J connectivity index is 2.01. The van der Waals surface area contributed by atoms with Gasteiger partial charge in [-0.05, 0) is 37.3 Å². The highest BCUT2D eigenvalue weighted by atomic mass is 32.2. The molecule has 0 saturated heterocycles. The number of rotatable bonds is 3. The molecular weight excluding hydrogens is 302 g/mol. The molecule has 1 atom stereocenters. The molecule has 0 N–H and O–H groups in total. The number of hydrogen-bond acceptors (Lipinski definition) is 4. The lowest BCUT2D eigenvalue weighted by atomic mass is 10.1. The van der Waals surface area contributed by atoms with E-state index < -0.39 is 15.9 Å². The van der Waals surface area contributed by atoms with Gasteiger partial charge in [0.25, 0.3) is 5.91 Å². The molecule has 5 nitrogen and oxygen atoms in total. The molecule has 22 heavy (non-hydrogen) atoms. The van der Waals surface area contributed by atoms with Gasteiger partial charge >= 0.3 is 0 Å². The number of sulfone groups is 1. The van der Waals surface area contributed by atoms with Gasteiger partial charge in [0.05, 0.1) is 18.1 Å². The van der Waals surface area contributed by atoms with Crippen LogP contribution in [0.2, 0.25) is 0 Å². The monoisotopic (exact) mass is 317 g/mol. The number of furan rings is 1. The molecule has 2 heterocycles. The number of benzene rings is 1. The first-order valence-electron chi connectivity index (χ1n) is 6.81. The standard InChI is InChI=1S/C16H15NO4S/c1-12-4-6-13(7-5-12)17(14-8-10-22(19,20)11-14)16(18)15-3-2-9-21-15/h2-10,14H,11H2,1H3/t14-/m0/s1. The molecule has 3 rings (SSSR count). The largest absolute Gasteiger partial charge is 0.459 e. The van der Waals surface area contributed by atoms with Gasteiger partial charge in [0.1, 0.15) is 0 Å². The molecule has 0 bridgehead atoms. The van der Waals surface area contributed by atoms with E-state index in [2.05, 4.69) is 0 Å². The van der Waals surface area contributed by atoms with Crippen molar-refractivity contribution >= 4 is 21.4 Å². The van der Waals surface area contributed by atoms with E-state index in [-0.39, 0.29) is 17.4 Å². The maximum absolute atomic E-state index is 12.7. The number of anilines is 1. The molecule has 1 aromatic carbocycles. The minimum Gasteiger partial charge on any atom is -0.459 e. The molecule has 114 valence electrons. The molecule has 0 spiro atoms.